The molecule has 8 nitrogen and oxygen atoms in total. The first-order valence-electron chi connectivity index (χ1n) is 11.4. The predicted molar refractivity (Wildman–Crippen MR) is 122 cm³/mol. The Labute approximate surface area is 196 Å². The first-order chi connectivity index (χ1) is 16.6. The van der Waals surface area contributed by atoms with Gasteiger partial charge in [-0.25, -0.2) is 9.37 Å². The lowest BCUT2D eigenvalue weighted by Gasteiger charge is -2.29. The average molecular weight is 464 g/mol. The molecule has 9 heteroatoms. The highest BCUT2D eigenvalue weighted by atomic mass is 19.1. The molecule has 5 rings (SSSR count). The van der Waals surface area contributed by atoms with Gasteiger partial charge in [0.25, 0.3) is 0 Å². The standard InChI is InChI=1S/C25H26FN5O3/c1-16-23(27-25(34-16)19-9-11-20(26)12-10-19)15-33-22-4-2-3-21(13-22)32-14-17-5-7-18(8-6-17)24-28-30-31-29-24/h5-12,21-22H,2-4,13-15H2,1H3,(H,28,29,30,31). The van der Waals surface area contributed by atoms with Gasteiger partial charge in [-0.2, -0.15) is 5.21 Å². The van der Waals surface area contributed by atoms with Crippen molar-refractivity contribution in [2.45, 2.75) is 58.0 Å². The number of rotatable bonds is 8. The molecule has 0 spiro atoms. The molecular weight excluding hydrogens is 437 g/mol. The first kappa shape index (κ1) is 22.4. The SMILES string of the molecule is Cc1oc(-c2ccc(F)cc2)nc1COC1CCCC(OCc2ccc(-c3nn[nH]n3)cc2)C1. The van der Waals surface area contributed by atoms with Crippen molar-refractivity contribution in [1.82, 2.24) is 25.6 Å². The monoisotopic (exact) mass is 463 g/mol. The van der Waals surface area contributed by atoms with E-state index in [0.717, 1.165) is 48.1 Å². The second-order valence-corrected chi connectivity index (χ2v) is 8.49. The quantitative estimate of drug-likeness (QED) is 0.392. The zero-order chi connectivity index (χ0) is 23.3. The van der Waals surface area contributed by atoms with Crippen molar-refractivity contribution in [3.63, 3.8) is 0 Å². The number of halogens is 1. The third-order valence-corrected chi connectivity index (χ3v) is 6.06. The fourth-order valence-corrected chi connectivity index (χ4v) is 4.13. The number of aromatic amines is 1. The molecule has 0 bridgehead atoms. The summed E-state index contributed by atoms with van der Waals surface area (Å²) in [5.41, 5.74) is 3.52. The summed E-state index contributed by atoms with van der Waals surface area (Å²) in [6.07, 6.45) is 4.21. The highest BCUT2D eigenvalue weighted by Crippen LogP contribution is 2.27. The molecule has 2 aromatic heterocycles. The van der Waals surface area contributed by atoms with E-state index in [1.807, 2.05) is 31.2 Å². The Morgan fingerprint density at radius 3 is 2.38 bits per heavy atom. The molecule has 1 aliphatic rings. The van der Waals surface area contributed by atoms with Crippen LogP contribution in [0.4, 0.5) is 4.39 Å². The van der Waals surface area contributed by atoms with Gasteiger partial charge in [-0.3, -0.25) is 0 Å². The van der Waals surface area contributed by atoms with Crippen molar-refractivity contribution >= 4 is 0 Å². The van der Waals surface area contributed by atoms with Crippen molar-refractivity contribution < 1.29 is 18.3 Å². The maximum Gasteiger partial charge on any atom is 0.226 e. The summed E-state index contributed by atoms with van der Waals surface area (Å²) in [6, 6.07) is 14.1. The van der Waals surface area contributed by atoms with Crippen molar-refractivity contribution in [2.75, 3.05) is 0 Å². The molecule has 1 fully saturated rings. The average Bonchev–Trinajstić information content (AvgIpc) is 3.53. The molecule has 2 unspecified atom stereocenters. The molecular formula is C25H26FN5O3. The Morgan fingerprint density at radius 1 is 0.971 bits per heavy atom. The van der Waals surface area contributed by atoms with Crippen LogP contribution in [-0.4, -0.2) is 37.8 Å². The number of oxazole rings is 1. The molecule has 0 amide bonds. The van der Waals surface area contributed by atoms with Gasteiger partial charge in [-0.1, -0.05) is 24.3 Å². The first-order valence-corrected chi connectivity index (χ1v) is 11.4. The molecule has 2 heterocycles. The van der Waals surface area contributed by atoms with E-state index in [1.54, 1.807) is 12.1 Å². The van der Waals surface area contributed by atoms with Crippen LogP contribution in [0.15, 0.2) is 52.9 Å². The maximum atomic E-state index is 13.2. The van der Waals surface area contributed by atoms with Gasteiger partial charge >= 0.3 is 0 Å². The fourth-order valence-electron chi connectivity index (χ4n) is 4.13. The minimum Gasteiger partial charge on any atom is -0.441 e. The second-order valence-electron chi connectivity index (χ2n) is 8.49. The highest BCUT2D eigenvalue weighted by molar-refractivity contribution is 5.54. The van der Waals surface area contributed by atoms with Crippen LogP contribution < -0.4 is 0 Å². The Morgan fingerprint density at radius 2 is 1.68 bits per heavy atom. The molecule has 1 N–H and O–H groups in total. The van der Waals surface area contributed by atoms with Crippen LogP contribution in [0.25, 0.3) is 22.8 Å². The zero-order valence-corrected chi connectivity index (χ0v) is 18.9. The van der Waals surface area contributed by atoms with Crippen LogP contribution >= 0.6 is 0 Å². The maximum absolute atomic E-state index is 13.2. The van der Waals surface area contributed by atoms with E-state index in [0.29, 0.717) is 30.7 Å². The van der Waals surface area contributed by atoms with Gasteiger partial charge < -0.3 is 13.9 Å². The number of ether oxygens (including phenoxy) is 2. The van der Waals surface area contributed by atoms with E-state index in [-0.39, 0.29) is 18.0 Å². The Hall–Kier alpha value is -3.43. The van der Waals surface area contributed by atoms with Gasteiger partial charge in [-0.05, 0) is 67.6 Å². The lowest BCUT2D eigenvalue weighted by atomic mass is 9.95. The molecule has 0 radical (unpaired) electrons. The van der Waals surface area contributed by atoms with Gasteiger partial charge in [0.1, 0.15) is 17.3 Å². The third-order valence-electron chi connectivity index (χ3n) is 6.06. The largest absolute Gasteiger partial charge is 0.441 e. The normalized spacial score (nSPS) is 18.3. The minimum atomic E-state index is -0.287. The molecule has 2 aromatic carbocycles. The van der Waals surface area contributed by atoms with E-state index in [4.69, 9.17) is 13.9 Å². The van der Waals surface area contributed by atoms with Crippen molar-refractivity contribution in [1.29, 1.82) is 0 Å². The Kier molecular flexibility index (Phi) is 6.73. The predicted octanol–water partition coefficient (Wildman–Crippen LogP) is 5.01. The van der Waals surface area contributed by atoms with Gasteiger partial charge in [0.05, 0.1) is 25.4 Å². The van der Waals surface area contributed by atoms with Gasteiger partial charge in [0, 0.05) is 11.1 Å². The summed E-state index contributed by atoms with van der Waals surface area (Å²) in [4.78, 5) is 4.55. The lowest BCUT2D eigenvalue weighted by molar-refractivity contribution is -0.0562. The van der Waals surface area contributed by atoms with Crippen LogP contribution in [-0.2, 0) is 22.7 Å². The minimum absolute atomic E-state index is 0.115. The van der Waals surface area contributed by atoms with Crippen LogP contribution in [0.3, 0.4) is 0 Å². The van der Waals surface area contributed by atoms with E-state index < -0.39 is 0 Å². The zero-order valence-electron chi connectivity index (χ0n) is 18.9. The Bertz CT molecular complexity index is 1190. The summed E-state index contributed by atoms with van der Waals surface area (Å²) in [7, 11) is 0. The number of nitrogens with zero attached hydrogens (tertiary/aromatic N) is 4. The summed E-state index contributed by atoms with van der Waals surface area (Å²) in [5, 5.41) is 14.0. The number of aromatic nitrogens is 5. The lowest BCUT2D eigenvalue weighted by Crippen LogP contribution is -2.28. The number of tetrazole rings is 1. The molecule has 1 aliphatic carbocycles. The van der Waals surface area contributed by atoms with E-state index in [2.05, 4.69) is 25.6 Å². The molecule has 176 valence electrons. The van der Waals surface area contributed by atoms with Crippen LogP contribution in [0, 0.1) is 12.7 Å². The summed E-state index contributed by atoms with van der Waals surface area (Å²) >= 11 is 0. The number of H-pyrrole nitrogens is 1. The number of nitrogens with one attached hydrogen (secondary N) is 1. The van der Waals surface area contributed by atoms with Gasteiger partial charge in [0.15, 0.2) is 0 Å². The van der Waals surface area contributed by atoms with Crippen molar-refractivity contribution in [2.24, 2.45) is 0 Å². The molecule has 34 heavy (non-hydrogen) atoms. The molecule has 0 saturated heterocycles. The van der Waals surface area contributed by atoms with E-state index in [9.17, 15) is 4.39 Å². The van der Waals surface area contributed by atoms with Crippen LogP contribution in [0.5, 0.6) is 0 Å². The third kappa shape index (κ3) is 5.37. The van der Waals surface area contributed by atoms with E-state index >= 15 is 0 Å². The van der Waals surface area contributed by atoms with E-state index in [1.165, 1.54) is 12.1 Å². The summed E-state index contributed by atoms with van der Waals surface area (Å²) in [5.74, 6) is 1.48. The number of aryl methyl sites for hydroxylation is 1. The van der Waals surface area contributed by atoms with Gasteiger partial charge in [-0.15, -0.1) is 10.2 Å². The number of hydrogen-bond acceptors (Lipinski definition) is 7. The smallest absolute Gasteiger partial charge is 0.226 e. The number of benzene rings is 2. The summed E-state index contributed by atoms with van der Waals surface area (Å²) < 4.78 is 31.3. The highest BCUT2D eigenvalue weighted by Gasteiger charge is 2.24. The fraction of sp³-hybridized carbons (Fsp3) is 0.360. The second kappa shape index (κ2) is 10.2. The molecule has 1 saturated carbocycles. The van der Waals surface area contributed by atoms with Gasteiger partial charge in [0.2, 0.25) is 11.7 Å². The number of hydrogen-bond donors (Lipinski definition) is 1. The molecule has 4 aromatic rings. The summed E-state index contributed by atoms with van der Waals surface area (Å²) in [6.45, 7) is 2.80. The molecule has 2 atom stereocenters. The van der Waals surface area contributed by atoms with Crippen molar-refractivity contribution in [3.05, 3.63) is 71.4 Å². The van der Waals surface area contributed by atoms with Crippen LogP contribution in [0.1, 0.15) is 42.7 Å². The topological polar surface area (TPSA) is 99.0 Å². The Balaban J connectivity index is 1.11. The molecule has 0 aliphatic heterocycles. The van der Waals surface area contributed by atoms with Crippen molar-refractivity contribution in [3.8, 4) is 22.8 Å². The van der Waals surface area contributed by atoms with Crippen LogP contribution in [0.2, 0.25) is 0 Å².